The van der Waals surface area contributed by atoms with Crippen molar-refractivity contribution < 1.29 is 28.7 Å². The molecule has 2 heterocycles. The fraction of sp³-hybridized carbons (Fsp3) is 0.538. The topological polar surface area (TPSA) is 102 Å². The number of hydrogen-bond acceptors (Lipinski definition) is 7. The maximum atomic E-state index is 12.4. The third-order valence-corrected chi connectivity index (χ3v) is 4.97. The van der Waals surface area contributed by atoms with E-state index >= 15 is 0 Å². The molecule has 25 heavy (non-hydrogen) atoms. The molecule has 0 radical (unpaired) electrons. The average Bonchev–Trinajstić information content (AvgIpc) is 2.53. The van der Waals surface area contributed by atoms with E-state index in [2.05, 4.69) is 5.32 Å². The third kappa shape index (κ3) is 4.72. The summed E-state index contributed by atoms with van der Waals surface area (Å²) in [7, 11) is 0. The number of amides is 2. The van der Waals surface area contributed by atoms with E-state index in [1.54, 1.807) is 0 Å². The van der Waals surface area contributed by atoms with Crippen LogP contribution < -0.4 is 5.32 Å². The Morgan fingerprint density at radius 3 is 2.64 bits per heavy atom. The van der Waals surface area contributed by atoms with Crippen molar-refractivity contribution >= 4 is 70.8 Å². The van der Waals surface area contributed by atoms with Crippen molar-refractivity contribution in [2.45, 2.75) is 22.1 Å². The van der Waals surface area contributed by atoms with Gasteiger partial charge in [-0.15, -0.1) is 11.8 Å². The number of rotatable bonds is 6. The number of fused-ring (bicyclic) bond motifs is 1. The van der Waals surface area contributed by atoms with Crippen molar-refractivity contribution in [3.05, 3.63) is 11.3 Å². The highest BCUT2D eigenvalue weighted by atomic mass is 35.6. The summed E-state index contributed by atoms with van der Waals surface area (Å²) in [5, 5.41) is 1.93. The number of thioether (sulfide) groups is 1. The lowest BCUT2D eigenvalue weighted by Crippen LogP contribution is -2.69. The standard InChI is InChI=1S/C13H13Cl3N2O6S/c1-6(20)23-2-7-3-25-11-8(17-5-19)10(21)18(11)9(7)12(22)24-4-13(14,15)16/h5,8,11H,2-4H2,1H3,(H,17,19)/t8-,11+/m1/s1. The molecule has 1 saturated heterocycles. The van der Waals surface area contributed by atoms with E-state index in [0.29, 0.717) is 17.7 Å². The van der Waals surface area contributed by atoms with Crippen LogP contribution in [0.1, 0.15) is 6.92 Å². The van der Waals surface area contributed by atoms with E-state index in [-0.39, 0.29) is 12.3 Å². The Balaban J connectivity index is 2.24. The molecule has 0 bridgehead atoms. The molecule has 0 spiro atoms. The number of ether oxygens (including phenoxy) is 2. The van der Waals surface area contributed by atoms with Gasteiger partial charge >= 0.3 is 11.9 Å². The predicted octanol–water partition coefficient (Wildman–Crippen LogP) is 0.747. The van der Waals surface area contributed by atoms with Gasteiger partial charge in [-0.1, -0.05) is 34.8 Å². The van der Waals surface area contributed by atoms with Crippen molar-refractivity contribution in [3.63, 3.8) is 0 Å². The van der Waals surface area contributed by atoms with Crippen molar-refractivity contribution in [2.75, 3.05) is 19.0 Å². The Hall–Kier alpha value is -1.16. The second-order valence-electron chi connectivity index (χ2n) is 5.10. The van der Waals surface area contributed by atoms with Gasteiger partial charge < -0.3 is 14.8 Å². The van der Waals surface area contributed by atoms with E-state index in [1.807, 2.05) is 0 Å². The van der Waals surface area contributed by atoms with Crippen LogP contribution in [0.3, 0.4) is 0 Å². The average molecular weight is 432 g/mol. The zero-order valence-electron chi connectivity index (χ0n) is 12.8. The lowest BCUT2D eigenvalue weighted by atomic mass is 10.0. The molecule has 0 aromatic heterocycles. The molecule has 2 aliphatic rings. The summed E-state index contributed by atoms with van der Waals surface area (Å²) in [6, 6.07) is -0.742. The number of esters is 2. The van der Waals surface area contributed by atoms with Gasteiger partial charge in [-0.05, 0) is 0 Å². The fourth-order valence-corrected chi connectivity index (χ4v) is 3.78. The first kappa shape index (κ1) is 20.2. The molecule has 0 aromatic rings. The van der Waals surface area contributed by atoms with Gasteiger partial charge in [-0.25, -0.2) is 4.79 Å². The minimum atomic E-state index is -1.81. The summed E-state index contributed by atoms with van der Waals surface area (Å²) in [6.45, 7) is 0.526. The maximum Gasteiger partial charge on any atom is 0.355 e. The van der Waals surface area contributed by atoms with Gasteiger partial charge in [0.05, 0.1) is 0 Å². The molecule has 138 valence electrons. The number of alkyl halides is 3. The highest BCUT2D eigenvalue weighted by molar-refractivity contribution is 8.00. The Kier molecular flexibility index (Phi) is 6.47. The molecular formula is C13H13Cl3N2O6S. The number of β-lactam (4-membered cyclic amide) rings is 1. The van der Waals surface area contributed by atoms with Crippen molar-refractivity contribution in [2.24, 2.45) is 0 Å². The maximum absolute atomic E-state index is 12.4. The SMILES string of the molecule is CC(=O)OCC1=C(C(=O)OCC(Cl)(Cl)Cl)N2C(=O)[C@@H](NC=O)[C@@H]2SC1. The second-order valence-corrected chi connectivity index (χ2v) is 8.72. The van der Waals surface area contributed by atoms with E-state index in [1.165, 1.54) is 23.6 Å². The summed E-state index contributed by atoms with van der Waals surface area (Å²) in [5.74, 6) is -1.59. The first-order valence-corrected chi connectivity index (χ1v) is 9.07. The quantitative estimate of drug-likeness (QED) is 0.286. The van der Waals surface area contributed by atoms with Crippen LogP contribution in [0.5, 0.6) is 0 Å². The number of halogens is 3. The number of nitrogens with one attached hydrogen (secondary N) is 1. The summed E-state index contributed by atoms with van der Waals surface area (Å²) >= 11 is 18.0. The van der Waals surface area contributed by atoms with Gasteiger partial charge in [0, 0.05) is 18.2 Å². The van der Waals surface area contributed by atoms with Crippen LogP contribution in [0.2, 0.25) is 0 Å². The molecule has 0 unspecified atom stereocenters. The lowest BCUT2D eigenvalue weighted by molar-refractivity contribution is -0.152. The first-order chi connectivity index (χ1) is 11.7. The first-order valence-electron chi connectivity index (χ1n) is 6.89. The summed E-state index contributed by atoms with van der Waals surface area (Å²) < 4.78 is 8.06. The molecule has 12 heteroatoms. The molecule has 0 aromatic carbocycles. The van der Waals surface area contributed by atoms with Gasteiger partial charge in [-0.3, -0.25) is 19.3 Å². The minimum Gasteiger partial charge on any atom is -0.461 e. The van der Waals surface area contributed by atoms with Crippen LogP contribution in [0, 0.1) is 0 Å². The summed E-state index contributed by atoms with van der Waals surface area (Å²) in [4.78, 5) is 47.5. The summed E-state index contributed by atoms with van der Waals surface area (Å²) in [5.41, 5.74) is 0.330. The Morgan fingerprint density at radius 2 is 2.08 bits per heavy atom. The van der Waals surface area contributed by atoms with Crippen molar-refractivity contribution in [3.8, 4) is 0 Å². The van der Waals surface area contributed by atoms with Gasteiger partial charge in [0.2, 0.25) is 10.2 Å². The monoisotopic (exact) mass is 430 g/mol. The predicted molar refractivity (Wildman–Crippen MR) is 91.0 cm³/mol. The molecule has 2 atom stereocenters. The fourth-order valence-electron chi connectivity index (χ4n) is 2.28. The Labute approximate surface area is 162 Å². The number of nitrogens with zero attached hydrogens (tertiary/aromatic N) is 1. The van der Waals surface area contributed by atoms with Crippen LogP contribution in [0.15, 0.2) is 11.3 Å². The molecule has 2 aliphatic heterocycles. The zero-order chi connectivity index (χ0) is 18.8. The molecule has 0 saturated carbocycles. The largest absolute Gasteiger partial charge is 0.461 e. The second kappa shape index (κ2) is 8.03. The van der Waals surface area contributed by atoms with Gasteiger partial charge in [0.25, 0.3) is 5.91 Å². The van der Waals surface area contributed by atoms with Crippen molar-refractivity contribution in [1.29, 1.82) is 0 Å². The van der Waals surface area contributed by atoms with Crippen LogP contribution >= 0.6 is 46.6 Å². The molecule has 2 amide bonds. The number of carbonyl (C=O) groups excluding carboxylic acids is 4. The zero-order valence-corrected chi connectivity index (χ0v) is 15.9. The van der Waals surface area contributed by atoms with Gasteiger partial charge in [0.15, 0.2) is 0 Å². The van der Waals surface area contributed by atoms with Crippen LogP contribution in [-0.2, 0) is 28.7 Å². The normalized spacial score (nSPS) is 22.7. The smallest absolute Gasteiger partial charge is 0.355 e. The Bertz CT molecular complexity index is 636. The summed E-state index contributed by atoms with van der Waals surface area (Å²) in [6.07, 6.45) is 0.416. The van der Waals surface area contributed by atoms with E-state index < -0.39 is 39.7 Å². The molecule has 2 rings (SSSR count). The van der Waals surface area contributed by atoms with Gasteiger partial charge in [0.1, 0.15) is 30.3 Å². The van der Waals surface area contributed by atoms with Crippen LogP contribution in [0.4, 0.5) is 0 Å². The lowest BCUT2D eigenvalue weighted by Gasteiger charge is -2.49. The van der Waals surface area contributed by atoms with Gasteiger partial charge in [-0.2, -0.15) is 0 Å². The van der Waals surface area contributed by atoms with Crippen molar-refractivity contribution in [1.82, 2.24) is 10.2 Å². The molecule has 1 fully saturated rings. The molecule has 1 N–H and O–H groups in total. The van der Waals surface area contributed by atoms with E-state index in [4.69, 9.17) is 44.3 Å². The number of carbonyl (C=O) groups is 4. The van der Waals surface area contributed by atoms with E-state index in [0.717, 1.165) is 0 Å². The molecular weight excluding hydrogens is 419 g/mol. The highest BCUT2D eigenvalue weighted by Crippen LogP contribution is 2.40. The van der Waals surface area contributed by atoms with Crippen LogP contribution in [0.25, 0.3) is 0 Å². The third-order valence-electron chi connectivity index (χ3n) is 3.30. The van der Waals surface area contributed by atoms with E-state index in [9.17, 15) is 19.2 Å². The van der Waals surface area contributed by atoms with Crippen LogP contribution in [-0.4, -0.2) is 63.3 Å². The molecule has 8 nitrogen and oxygen atoms in total. The highest BCUT2D eigenvalue weighted by Gasteiger charge is 2.54. The minimum absolute atomic E-state index is 0.0619. The Morgan fingerprint density at radius 1 is 1.40 bits per heavy atom. The number of hydrogen-bond donors (Lipinski definition) is 1. The molecule has 0 aliphatic carbocycles.